The molecule has 2 heterocycles. The fourth-order valence-corrected chi connectivity index (χ4v) is 4.09. The number of halogens is 1. The van der Waals surface area contributed by atoms with Gasteiger partial charge in [-0.1, -0.05) is 24.3 Å². The van der Waals surface area contributed by atoms with Crippen LogP contribution in [0.2, 0.25) is 0 Å². The lowest BCUT2D eigenvalue weighted by Gasteiger charge is -2.34. The summed E-state index contributed by atoms with van der Waals surface area (Å²) in [6, 6.07) is 10.5. The number of oxazole rings is 1. The second kappa shape index (κ2) is 11.0. The zero-order chi connectivity index (χ0) is 25.7. The molecule has 1 amide bonds. The van der Waals surface area contributed by atoms with E-state index in [1.807, 2.05) is 26.0 Å². The van der Waals surface area contributed by atoms with Gasteiger partial charge in [-0.15, -0.1) is 0 Å². The molecule has 1 aliphatic heterocycles. The van der Waals surface area contributed by atoms with Gasteiger partial charge in [0.15, 0.2) is 0 Å². The lowest BCUT2D eigenvalue weighted by molar-refractivity contribution is -0.149. The number of nitrogens with zero attached hydrogens (tertiary/aromatic N) is 2. The highest BCUT2D eigenvalue weighted by Crippen LogP contribution is 2.28. The third kappa shape index (κ3) is 5.71. The summed E-state index contributed by atoms with van der Waals surface area (Å²) in [5.41, 5.74) is 3.18. The van der Waals surface area contributed by atoms with Gasteiger partial charge in [0.1, 0.15) is 23.4 Å². The van der Waals surface area contributed by atoms with Crippen LogP contribution < -0.4 is 4.74 Å². The van der Waals surface area contributed by atoms with E-state index < -0.39 is 12.0 Å². The Labute approximate surface area is 208 Å². The van der Waals surface area contributed by atoms with Crippen molar-refractivity contribution in [3.63, 3.8) is 0 Å². The number of ether oxygens (including phenoxy) is 1. The van der Waals surface area contributed by atoms with Crippen molar-refractivity contribution < 1.29 is 28.2 Å². The Hall–Kier alpha value is -4.20. The molecule has 36 heavy (non-hydrogen) atoms. The van der Waals surface area contributed by atoms with Crippen molar-refractivity contribution in [3.8, 4) is 17.2 Å². The maximum Gasteiger partial charge on any atom is 0.326 e. The summed E-state index contributed by atoms with van der Waals surface area (Å²) in [5.74, 6) is 0.0180. The number of carbonyl (C=O) groups is 2. The Morgan fingerprint density at radius 1 is 1.19 bits per heavy atom. The maximum atomic E-state index is 13.2. The van der Waals surface area contributed by atoms with Gasteiger partial charge in [0.25, 0.3) is 0 Å². The van der Waals surface area contributed by atoms with Crippen LogP contribution in [0.3, 0.4) is 0 Å². The Balaban J connectivity index is 1.42. The molecule has 0 bridgehead atoms. The molecule has 0 radical (unpaired) electrons. The van der Waals surface area contributed by atoms with Crippen LogP contribution in [0.25, 0.3) is 11.5 Å². The number of aliphatic carboxylic acids is 1. The van der Waals surface area contributed by atoms with Crippen molar-refractivity contribution >= 4 is 11.9 Å². The van der Waals surface area contributed by atoms with Crippen LogP contribution in [-0.2, 0) is 29.0 Å². The largest absolute Gasteiger partial charge is 0.493 e. The first-order valence-corrected chi connectivity index (χ1v) is 11.7. The van der Waals surface area contributed by atoms with E-state index in [1.165, 1.54) is 23.1 Å². The Morgan fingerprint density at radius 2 is 1.97 bits per heavy atom. The van der Waals surface area contributed by atoms with Crippen molar-refractivity contribution in [2.24, 2.45) is 0 Å². The highest BCUT2D eigenvalue weighted by Gasteiger charge is 2.33. The number of carbonyl (C=O) groups excluding carboxylic acids is 1. The molecule has 0 spiro atoms. The number of benzene rings is 2. The summed E-state index contributed by atoms with van der Waals surface area (Å²) in [4.78, 5) is 30.3. The molecule has 0 saturated carbocycles. The second-order valence-electron chi connectivity index (χ2n) is 8.47. The van der Waals surface area contributed by atoms with Gasteiger partial charge in [-0.2, -0.15) is 0 Å². The van der Waals surface area contributed by atoms with Crippen LogP contribution in [-0.4, -0.2) is 39.5 Å². The predicted molar refractivity (Wildman–Crippen MR) is 132 cm³/mol. The average molecular weight is 491 g/mol. The van der Waals surface area contributed by atoms with E-state index in [-0.39, 0.29) is 24.7 Å². The number of rotatable bonds is 8. The third-order valence-corrected chi connectivity index (χ3v) is 6.01. The van der Waals surface area contributed by atoms with Crippen LogP contribution in [0.4, 0.5) is 4.39 Å². The Morgan fingerprint density at radius 3 is 2.69 bits per heavy atom. The topological polar surface area (TPSA) is 92.9 Å². The van der Waals surface area contributed by atoms with Gasteiger partial charge in [0.05, 0.1) is 12.3 Å². The molecule has 2 aromatic carbocycles. The molecule has 0 unspecified atom stereocenters. The first kappa shape index (κ1) is 24.9. The molecule has 186 valence electrons. The van der Waals surface area contributed by atoms with Crippen molar-refractivity contribution in [3.05, 3.63) is 95.2 Å². The summed E-state index contributed by atoms with van der Waals surface area (Å²) in [6.07, 6.45) is 7.23. The van der Waals surface area contributed by atoms with Crippen LogP contribution in [0.1, 0.15) is 29.5 Å². The van der Waals surface area contributed by atoms with Gasteiger partial charge in [-0.25, -0.2) is 14.2 Å². The van der Waals surface area contributed by atoms with E-state index in [9.17, 15) is 19.1 Å². The average Bonchev–Trinajstić information content (AvgIpc) is 3.23. The molecule has 1 aromatic heterocycles. The van der Waals surface area contributed by atoms with Gasteiger partial charge in [0.2, 0.25) is 11.8 Å². The Bertz CT molecular complexity index is 1310. The zero-order valence-electron chi connectivity index (χ0n) is 20.1. The van der Waals surface area contributed by atoms with Gasteiger partial charge < -0.3 is 19.2 Å². The molecule has 1 N–H and O–H groups in total. The number of aryl methyl sites for hydroxylation is 1. The van der Waals surface area contributed by atoms with Crippen LogP contribution in [0, 0.1) is 12.7 Å². The highest BCUT2D eigenvalue weighted by molar-refractivity contribution is 5.92. The van der Waals surface area contributed by atoms with Gasteiger partial charge in [0, 0.05) is 31.0 Å². The molecule has 8 heteroatoms. The molecular weight excluding hydrogens is 463 g/mol. The first-order valence-electron chi connectivity index (χ1n) is 11.7. The minimum atomic E-state index is -1.03. The van der Waals surface area contributed by atoms with Gasteiger partial charge >= 0.3 is 5.97 Å². The summed E-state index contributed by atoms with van der Waals surface area (Å²) in [7, 11) is 0. The zero-order valence-corrected chi connectivity index (χ0v) is 20.1. The number of amides is 1. The van der Waals surface area contributed by atoms with Crippen LogP contribution >= 0.6 is 0 Å². The molecule has 1 atom stereocenters. The summed E-state index contributed by atoms with van der Waals surface area (Å²) in [6.45, 7) is 4.19. The van der Waals surface area contributed by atoms with Crippen LogP contribution in [0.15, 0.2) is 71.2 Å². The minimum absolute atomic E-state index is 0.186. The van der Waals surface area contributed by atoms with E-state index >= 15 is 0 Å². The monoisotopic (exact) mass is 490 g/mol. The minimum Gasteiger partial charge on any atom is -0.493 e. The second-order valence-corrected chi connectivity index (χ2v) is 8.47. The number of allylic oxidation sites excluding steroid dienone is 3. The summed E-state index contributed by atoms with van der Waals surface area (Å²) < 4.78 is 24.8. The molecule has 4 rings (SSSR count). The third-order valence-electron chi connectivity index (χ3n) is 6.01. The maximum absolute atomic E-state index is 13.2. The fourth-order valence-electron chi connectivity index (χ4n) is 4.09. The number of hydrogen-bond donors (Lipinski definition) is 1. The predicted octanol–water partition coefficient (Wildman–Crippen LogP) is 4.88. The molecular formula is C28H27FN2O5. The summed E-state index contributed by atoms with van der Waals surface area (Å²) in [5, 5.41) is 9.66. The molecule has 0 aliphatic carbocycles. The van der Waals surface area contributed by atoms with Crippen molar-refractivity contribution in [1.29, 1.82) is 0 Å². The fraction of sp³-hybridized carbons (Fsp3) is 0.250. The number of aromatic nitrogens is 1. The van der Waals surface area contributed by atoms with Crippen molar-refractivity contribution in [2.75, 3.05) is 6.61 Å². The smallest absolute Gasteiger partial charge is 0.326 e. The number of fused-ring (bicyclic) bond motifs is 1. The lowest BCUT2D eigenvalue weighted by atomic mass is 9.93. The molecule has 7 nitrogen and oxygen atoms in total. The number of carboxylic acids is 1. The van der Waals surface area contributed by atoms with E-state index in [0.717, 1.165) is 16.8 Å². The molecule has 0 fully saturated rings. The van der Waals surface area contributed by atoms with Gasteiger partial charge in [-0.3, -0.25) is 4.79 Å². The van der Waals surface area contributed by atoms with E-state index in [2.05, 4.69) is 4.98 Å². The SMILES string of the molecule is C/C=C/C=C/C(=O)N1Cc2cc(OCCc3nc(-c4ccc(F)cc4)oc3C)ccc2C[C@H]1C(=O)O. The highest BCUT2D eigenvalue weighted by atomic mass is 19.1. The molecule has 0 saturated heterocycles. The standard InChI is InChI=1S/C28H27FN2O5/c1-3-4-5-6-26(32)31-17-21-15-23(12-9-20(21)16-25(31)28(33)34)35-14-13-24-18(2)36-27(30-24)19-7-10-22(29)11-8-19/h3-12,15,25H,13-14,16-17H2,1-2H3,(H,33,34)/b4-3+,6-5+/t25-/m0/s1. The van der Waals surface area contributed by atoms with E-state index in [4.69, 9.17) is 9.15 Å². The Kier molecular flexibility index (Phi) is 7.63. The van der Waals surface area contributed by atoms with E-state index in [1.54, 1.807) is 36.4 Å². The van der Waals surface area contributed by atoms with Crippen LogP contribution in [0.5, 0.6) is 5.75 Å². The quantitative estimate of drug-likeness (QED) is 0.357. The number of carboxylic acid groups (broad SMARTS) is 1. The summed E-state index contributed by atoms with van der Waals surface area (Å²) >= 11 is 0. The molecule has 1 aliphatic rings. The van der Waals surface area contributed by atoms with Crippen molar-refractivity contribution in [1.82, 2.24) is 9.88 Å². The van der Waals surface area contributed by atoms with Crippen molar-refractivity contribution in [2.45, 2.75) is 39.3 Å². The first-order chi connectivity index (χ1) is 17.4. The van der Waals surface area contributed by atoms with Gasteiger partial charge in [-0.05, 0) is 61.4 Å². The normalized spacial score (nSPS) is 15.4. The number of hydrogen-bond acceptors (Lipinski definition) is 5. The van der Waals surface area contributed by atoms with E-state index in [0.29, 0.717) is 36.0 Å². The molecule has 3 aromatic rings. The lowest BCUT2D eigenvalue weighted by Crippen LogP contribution is -2.48.